The highest BCUT2D eigenvalue weighted by Gasteiger charge is 2.08. The topological polar surface area (TPSA) is 92.2 Å². The zero-order valence-electron chi connectivity index (χ0n) is 8.75. The summed E-state index contributed by atoms with van der Waals surface area (Å²) in [5.41, 5.74) is 0.856. The highest BCUT2D eigenvalue weighted by atomic mass is 16.4. The quantitative estimate of drug-likeness (QED) is 0.799. The monoisotopic (exact) mass is 231 g/mol. The van der Waals surface area contributed by atoms with Crippen molar-refractivity contribution in [1.82, 2.24) is 15.3 Å². The maximum atomic E-state index is 11.6. The van der Waals surface area contributed by atoms with Crippen LogP contribution in [0.5, 0.6) is 0 Å². The lowest BCUT2D eigenvalue weighted by Crippen LogP contribution is -2.29. The lowest BCUT2D eigenvalue weighted by Gasteiger charge is -2.02. The van der Waals surface area contributed by atoms with Gasteiger partial charge < -0.3 is 10.4 Å². The Labute approximate surface area is 96.3 Å². The first-order chi connectivity index (χ1) is 8.16. The van der Waals surface area contributed by atoms with Crippen LogP contribution in [0.2, 0.25) is 0 Å². The summed E-state index contributed by atoms with van der Waals surface area (Å²) in [5, 5.41) is 11.4. The lowest BCUT2D eigenvalue weighted by molar-refractivity contribution is -0.135. The molecule has 6 nitrogen and oxygen atoms in total. The highest BCUT2D eigenvalue weighted by Crippen LogP contribution is 2.09. The normalized spacial score (nSPS) is 10.1. The van der Waals surface area contributed by atoms with Crippen LogP contribution in [0, 0.1) is 0 Å². The van der Waals surface area contributed by atoms with Gasteiger partial charge in [-0.15, -0.1) is 0 Å². The molecule has 0 saturated carbocycles. The van der Waals surface area contributed by atoms with Gasteiger partial charge in [-0.05, 0) is 18.2 Å². The van der Waals surface area contributed by atoms with Gasteiger partial charge in [0, 0.05) is 17.8 Å². The number of amides is 1. The molecule has 0 radical (unpaired) electrons. The molecular formula is C11H9N3O3. The molecule has 6 heteroatoms. The second-order valence-corrected chi connectivity index (χ2v) is 3.35. The van der Waals surface area contributed by atoms with Gasteiger partial charge in [0.25, 0.3) is 5.91 Å². The van der Waals surface area contributed by atoms with Crippen LogP contribution in [0.15, 0.2) is 30.6 Å². The molecule has 0 fully saturated rings. The number of nitrogens with one attached hydrogen (secondary N) is 1. The number of carbonyl (C=O) groups excluding carboxylic acids is 1. The maximum Gasteiger partial charge on any atom is 0.322 e. The highest BCUT2D eigenvalue weighted by molar-refractivity contribution is 5.97. The summed E-state index contributed by atoms with van der Waals surface area (Å²) in [6.45, 7) is -0.413. The van der Waals surface area contributed by atoms with Gasteiger partial charge in [0.15, 0.2) is 5.65 Å². The summed E-state index contributed by atoms with van der Waals surface area (Å²) in [6.07, 6.45) is 2.98. The molecule has 0 atom stereocenters. The summed E-state index contributed by atoms with van der Waals surface area (Å²) < 4.78 is 0. The number of nitrogens with zero attached hydrogens (tertiary/aromatic N) is 2. The number of aromatic nitrogens is 2. The molecule has 0 aromatic carbocycles. The number of carbonyl (C=O) groups is 2. The number of rotatable bonds is 3. The van der Waals surface area contributed by atoms with Gasteiger partial charge in [0.2, 0.25) is 0 Å². The number of carboxylic acid groups (broad SMARTS) is 1. The standard InChI is InChI=1S/C11H9N3O3/c15-9(16)6-14-11(17)8-4-7-2-1-3-12-10(7)13-5-8/h1-5H,6H2,(H,14,17)(H,15,16). The number of hydrogen-bond acceptors (Lipinski definition) is 4. The van der Waals surface area contributed by atoms with E-state index in [2.05, 4.69) is 15.3 Å². The van der Waals surface area contributed by atoms with Crippen molar-refractivity contribution in [2.45, 2.75) is 0 Å². The first-order valence-corrected chi connectivity index (χ1v) is 4.87. The van der Waals surface area contributed by atoms with E-state index < -0.39 is 18.4 Å². The fourth-order valence-corrected chi connectivity index (χ4v) is 1.35. The molecule has 2 aromatic heterocycles. The van der Waals surface area contributed by atoms with Gasteiger partial charge in [-0.3, -0.25) is 9.59 Å². The molecule has 86 valence electrons. The van der Waals surface area contributed by atoms with Crippen molar-refractivity contribution in [1.29, 1.82) is 0 Å². The van der Waals surface area contributed by atoms with E-state index in [9.17, 15) is 9.59 Å². The Morgan fingerprint density at radius 3 is 2.94 bits per heavy atom. The third-order valence-electron chi connectivity index (χ3n) is 2.12. The van der Waals surface area contributed by atoms with E-state index in [1.807, 2.05) is 0 Å². The molecule has 0 aliphatic heterocycles. The van der Waals surface area contributed by atoms with E-state index in [1.165, 1.54) is 6.20 Å². The van der Waals surface area contributed by atoms with E-state index in [1.54, 1.807) is 24.4 Å². The van der Waals surface area contributed by atoms with Crippen LogP contribution in [-0.4, -0.2) is 33.5 Å². The van der Waals surface area contributed by atoms with Gasteiger partial charge in [-0.25, -0.2) is 9.97 Å². The van der Waals surface area contributed by atoms with Crippen LogP contribution in [0.4, 0.5) is 0 Å². The van der Waals surface area contributed by atoms with Crippen LogP contribution >= 0.6 is 0 Å². The molecule has 0 saturated heterocycles. The number of carboxylic acids is 1. The molecule has 0 spiro atoms. The predicted molar refractivity (Wildman–Crippen MR) is 59.5 cm³/mol. The van der Waals surface area contributed by atoms with Crippen molar-refractivity contribution in [3.8, 4) is 0 Å². The molecule has 2 heterocycles. The summed E-state index contributed by atoms with van der Waals surface area (Å²) >= 11 is 0. The van der Waals surface area contributed by atoms with Crippen molar-refractivity contribution in [2.75, 3.05) is 6.54 Å². The van der Waals surface area contributed by atoms with E-state index in [0.717, 1.165) is 5.39 Å². The molecule has 2 N–H and O–H groups in total. The zero-order valence-corrected chi connectivity index (χ0v) is 8.75. The van der Waals surface area contributed by atoms with Gasteiger partial charge in [0.05, 0.1) is 5.56 Å². The summed E-state index contributed by atoms with van der Waals surface area (Å²) in [6, 6.07) is 5.14. The summed E-state index contributed by atoms with van der Waals surface area (Å²) in [5.74, 6) is -1.56. The smallest absolute Gasteiger partial charge is 0.322 e. The van der Waals surface area contributed by atoms with Crippen LogP contribution < -0.4 is 5.32 Å². The summed E-state index contributed by atoms with van der Waals surface area (Å²) in [7, 11) is 0. The Morgan fingerprint density at radius 2 is 2.18 bits per heavy atom. The minimum Gasteiger partial charge on any atom is -0.480 e. The van der Waals surface area contributed by atoms with Crippen LogP contribution in [-0.2, 0) is 4.79 Å². The Bertz CT molecular complexity index is 583. The molecule has 0 bridgehead atoms. The van der Waals surface area contributed by atoms with Crippen molar-refractivity contribution in [3.05, 3.63) is 36.2 Å². The number of aliphatic carboxylic acids is 1. The first-order valence-electron chi connectivity index (χ1n) is 4.87. The van der Waals surface area contributed by atoms with Crippen LogP contribution in [0.25, 0.3) is 11.0 Å². The Hall–Kier alpha value is -2.50. The van der Waals surface area contributed by atoms with Gasteiger partial charge in [-0.2, -0.15) is 0 Å². The molecule has 0 aliphatic rings. The molecular weight excluding hydrogens is 222 g/mol. The largest absolute Gasteiger partial charge is 0.480 e. The van der Waals surface area contributed by atoms with E-state index in [4.69, 9.17) is 5.11 Å². The average molecular weight is 231 g/mol. The molecule has 2 rings (SSSR count). The summed E-state index contributed by atoms with van der Waals surface area (Å²) in [4.78, 5) is 29.9. The third-order valence-corrected chi connectivity index (χ3v) is 2.12. The van der Waals surface area contributed by atoms with Crippen molar-refractivity contribution in [2.24, 2.45) is 0 Å². The minimum absolute atomic E-state index is 0.312. The molecule has 17 heavy (non-hydrogen) atoms. The minimum atomic E-state index is -1.09. The molecule has 0 aliphatic carbocycles. The number of fused-ring (bicyclic) bond motifs is 1. The molecule has 0 unspecified atom stereocenters. The fourth-order valence-electron chi connectivity index (χ4n) is 1.35. The van der Waals surface area contributed by atoms with Crippen molar-refractivity contribution >= 4 is 22.9 Å². The second kappa shape index (κ2) is 4.56. The number of hydrogen-bond donors (Lipinski definition) is 2. The Kier molecular flexibility index (Phi) is 2.95. The predicted octanol–water partition coefficient (Wildman–Crippen LogP) is 0.444. The van der Waals surface area contributed by atoms with Gasteiger partial charge in [0.1, 0.15) is 6.54 Å². The van der Waals surface area contributed by atoms with Crippen molar-refractivity contribution < 1.29 is 14.7 Å². The zero-order chi connectivity index (χ0) is 12.3. The third kappa shape index (κ3) is 2.54. The van der Waals surface area contributed by atoms with Gasteiger partial charge >= 0.3 is 5.97 Å². The number of pyridine rings is 2. The maximum absolute atomic E-state index is 11.6. The Morgan fingerprint density at radius 1 is 1.35 bits per heavy atom. The lowest BCUT2D eigenvalue weighted by atomic mass is 10.2. The van der Waals surface area contributed by atoms with Gasteiger partial charge in [-0.1, -0.05) is 0 Å². The first kappa shape index (κ1) is 11.0. The van der Waals surface area contributed by atoms with E-state index in [0.29, 0.717) is 11.2 Å². The van der Waals surface area contributed by atoms with Crippen LogP contribution in [0.3, 0.4) is 0 Å². The Balaban J connectivity index is 2.24. The van der Waals surface area contributed by atoms with E-state index >= 15 is 0 Å². The van der Waals surface area contributed by atoms with Crippen molar-refractivity contribution in [3.63, 3.8) is 0 Å². The van der Waals surface area contributed by atoms with Crippen LogP contribution in [0.1, 0.15) is 10.4 Å². The molecule has 2 aromatic rings. The fraction of sp³-hybridized carbons (Fsp3) is 0.0909. The SMILES string of the molecule is O=C(O)CNC(=O)c1cnc2ncccc2c1. The average Bonchev–Trinajstić information content (AvgIpc) is 2.35. The van der Waals surface area contributed by atoms with E-state index in [-0.39, 0.29) is 0 Å². The second-order valence-electron chi connectivity index (χ2n) is 3.35. The molecule has 1 amide bonds.